The number of halogens is 1. The number of pyridine rings is 1. The van der Waals surface area contributed by atoms with Crippen LogP contribution in [0.15, 0.2) is 41.3 Å². The maximum absolute atomic E-state index is 12.3. The number of fused-ring (bicyclic) bond motifs is 1. The van der Waals surface area contributed by atoms with E-state index in [9.17, 15) is 9.59 Å². The SMILES string of the molecule is Cn1cc2c(cc1=O)CCN(C(=O)COc1ccccc1Cl)C2. The Morgan fingerprint density at radius 2 is 2.09 bits per heavy atom. The van der Waals surface area contributed by atoms with E-state index in [1.165, 1.54) is 4.57 Å². The van der Waals surface area contributed by atoms with Crippen LogP contribution in [0.5, 0.6) is 5.75 Å². The maximum Gasteiger partial charge on any atom is 0.260 e. The summed E-state index contributed by atoms with van der Waals surface area (Å²) in [6.45, 7) is 1.03. The summed E-state index contributed by atoms with van der Waals surface area (Å²) in [5, 5.41) is 0.485. The summed E-state index contributed by atoms with van der Waals surface area (Å²) in [7, 11) is 1.71. The van der Waals surface area contributed by atoms with Crippen LogP contribution in [0, 0.1) is 0 Å². The fourth-order valence-corrected chi connectivity index (χ4v) is 2.83. The van der Waals surface area contributed by atoms with Crippen LogP contribution in [0.2, 0.25) is 5.02 Å². The van der Waals surface area contributed by atoms with Crippen LogP contribution in [0.3, 0.4) is 0 Å². The van der Waals surface area contributed by atoms with Crippen molar-refractivity contribution >= 4 is 17.5 Å². The molecular formula is C17H17ClN2O3. The molecule has 0 unspecified atom stereocenters. The van der Waals surface area contributed by atoms with Crippen molar-refractivity contribution in [1.82, 2.24) is 9.47 Å². The van der Waals surface area contributed by atoms with Crippen molar-refractivity contribution in [3.63, 3.8) is 0 Å². The summed E-state index contributed by atoms with van der Waals surface area (Å²) in [4.78, 5) is 25.7. The Kier molecular flexibility index (Phi) is 4.39. The number of para-hydroxylation sites is 1. The van der Waals surface area contributed by atoms with Gasteiger partial charge in [0.1, 0.15) is 5.75 Å². The molecule has 0 saturated heterocycles. The number of ether oxygens (including phenoxy) is 1. The minimum Gasteiger partial charge on any atom is -0.482 e. The predicted molar refractivity (Wildman–Crippen MR) is 87.8 cm³/mol. The Morgan fingerprint density at radius 1 is 1.30 bits per heavy atom. The lowest BCUT2D eigenvalue weighted by atomic mass is 10.0. The van der Waals surface area contributed by atoms with Gasteiger partial charge in [0.2, 0.25) is 0 Å². The predicted octanol–water partition coefficient (Wildman–Crippen LogP) is 2.00. The lowest BCUT2D eigenvalue weighted by Gasteiger charge is -2.29. The lowest BCUT2D eigenvalue weighted by molar-refractivity contribution is -0.134. The molecule has 1 aromatic carbocycles. The Balaban J connectivity index is 1.66. The number of nitrogens with zero attached hydrogens (tertiary/aromatic N) is 2. The minimum absolute atomic E-state index is 0.0226. The van der Waals surface area contributed by atoms with Gasteiger partial charge >= 0.3 is 0 Å². The number of carbonyl (C=O) groups is 1. The molecule has 2 heterocycles. The number of aryl methyl sites for hydroxylation is 1. The zero-order valence-corrected chi connectivity index (χ0v) is 13.5. The normalized spacial score (nSPS) is 13.6. The quantitative estimate of drug-likeness (QED) is 0.864. The first-order valence-electron chi connectivity index (χ1n) is 7.38. The third-order valence-corrected chi connectivity index (χ3v) is 4.27. The van der Waals surface area contributed by atoms with Crippen LogP contribution >= 0.6 is 11.6 Å². The topological polar surface area (TPSA) is 51.5 Å². The van der Waals surface area contributed by atoms with Crippen LogP contribution < -0.4 is 10.3 Å². The van der Waals surface area contributed by atoms with Crippen molar-refractivity contribution in [3.05, 3.63) is 63.0 Å². The van der Waals surface area contributed by atoms with Gasteiger partial charge in [0.05, 0.1) is 5.02 Å². The number of amides is 1. The van der Waals surface area contributed by atoms with E-state index in [4.69, 9.17) is 16.3 Å². The average Bonchev–Trinajstić information content (AvgIpc) is 2.54. The third-order valence-electron chi connectivity index (χ3n) is 3.96. The highest BCUT2D eigenvalue weighted by Gasteiger charge is 2.22. The molecule has 0 bridgehead atoms. The Hall–Kier alpha value is -2.27. The van der Waals surface area contributed by atoms with Gasteiger partial charge in [0.15, 0.2) is 6.61 Å². The molecule has 0 saturated carbocycles. The van der Waals surface area contributed by atoms with E-state index in [0.29, 0.717) is 30.3 Å². The van der Waals surface area contributed by atoms with Gasteiger partial charge in [-0.05, 0) is 29.7 Å². The van der Waals surface area contributed by atoms with Crippen LogP contribution in [0.4, 0.5) is 0 Å². The lowest BCUT2D eigenvalue weighted by Crippen LogP contribution is -2.39. The first-order chi connectivity index (χ1) is 11.0. The first-order valence-corrected chi connectivity index (χ1v) is 7.76. The van der Waals surface area contributed by atoms with Crippen molar-refractivity contribution in [2.24, 2.45) is 7.05 Å². The molecule has 0 fully saturated rings. The second-order valence-corrected chi connectivity index (χ2v) is 5.96. The van der Waals surface area contributed by atoms with Gasteiger partial charge in [-0.2, -0.15) is 0 Å². The smallest absolute Gasteiger partial charge is 0.260 e. The maximum atomic E-state index is 12.3. The van der Waals surface area contributed by atoms with Gasteiger partial charge in [0, 0.05) is 32.4 Å². The van der Waals surface area contributed by atoms with E-state index in [1.807, 2.05) is 12.1 Å². The second-order valence-electron chi connectivity index (χ2n) is 5.56. The third kappa shape index (κ3) is 3.40. The van der Waals surface area contributed by atoms with E-state index >= 15 is 0 Å². The molecular weight excluding hydrogens is 316 g/mol. The summed E-state index contributed by atoms with van der Waals surface area (Å²) >= 11 is 6.01. The molecule has 1 aliphatic rings. The van der Waals surface area contributed by atoms with Crippen LogP contribution in [-0.2, 0) is 24.8 Å². The Morgan fingerprint density at radius 3 is 2.87 bits per heavy atom. The van der Waals surface area contributed by atoms with Gasteiger partial charge in [-0.25, -0.2) is 0 Å². The van der Waals surface area contributed by atoms with E-state index in [-0.39, 0.29) is 18.1 Å². The fraction of sp³-hybridized carbons (Fsp3) is 0.294. The molecule has 1 aromatic heterocycles. The summed E-state index contributed by atoms with van der Waals surface area (Å²) in [6.07, 6.45) is 2.48. The van der Waals surface area contributed by atoms with Gasteiger partial charge in [-0.15, -0.1) is 0 Å². The zero-order valence-electron chi connectivity index (χ0n) is 12.8. The summed E-state index contributed by atoms with van der Waals surface area (Å²) in [5.74, 6) is 0.409. The molecule has 5 nitrogen and oxygen atoms in total. The minimum atomic E-state index is -0.0931. The number of benzene rings is 1. The van der Waals surface area contributed by atoms with Gasteiger partial charge in [0.25, 0.3) is 11.5 Å². The van der Waals surface area contributed by atoms with E-state index in [1.54, 1.807) is 36.3 Å². The number of rotatable bonds is 3. The standard InChI is InChI=1S/C17H17ClN2O3/c1-19-9-13-10-20(7-6-12(13)8-16(19)21)17(22)11-23-15-5-3-2-4-14(15)18/h2-5,8-9H,6-7,10-11H2,1H3. The van der Waals surface area contributed by atoms with Crippen LogP contribution in [0.25, 0.3) is 0 Å². The zero-order chi connectivity index (χ0) is 16.4. The fourth-order valence-electron chi connectivity index (χ4n) is 2.64. The monoisotopic (exact) mass is 332 g/mol. The molecule has 3 rings (SSSR count). The molecule has 1 aliphatic heterocycles. The summed E-state index contributed by atoms with van der Waals surface area (Å²) < 4.78 is 7.04. The second kappa shape index (κ2) is 6.46. The van der Waals surface area contributed by atoms with Gasteiger partial charge in [-0.1, -0.05) is 23.7 Å². The first kappa shape index (κ1) is 15.6. The molecule has 0 spiro atoms. The van der Waals surface area contributed by atoms with Crippen molar-refractivity contribution < 1.29 is 9.53 Å². The van der Waals surface area contributed by atoms with E-state index in [0.717, 1.165) is 11.1 Å². The summed E-state index contributed by atoms with van der Waals surface area (Å²) in [5.41, 5.74) is 2.00. The molecule has 2 aromatic rings. The molecule has 0 radical (unpaired) electrons. The van der Waals surface area contributed by atoms with Crippen molar-refractivity contribution in [3.8, 4) is 5.75 Å². The highest BCUT2D eigenvalue weighted by Crippen LogP contribution is 2.23. The molecule has 6 heteroatoms. The molecule has 0 N–H and O–H groups in total. The molecule has 23 heavy (non-hydrogen) atoms. The van der Waals surface area contributed by atoms with Crippen molar-refractivity contribution in [2.75, 3.05) is 13.2 Å². The average molecular weight is 333 g/mol. The molecule has 0 aliphatic carbocycles. The Labute approximate surface area is 139 Å². The molecule has 1 amide bonds. The van der Waals surface area contributed by atoms with Crippen molar-refractivity contribution in [2.45, 2.75) is 13.0 Å². The van der Waals surface area contributed by atoms with Crippen LogP contribution in [-0.4, -0.2) is 28.5 Å². The number of hydrogen-bond donors (Lipinski definition) is 0. The van der Waals surface area contributed by atoms with Gasteiger partial charge in [-0.3, -0.25) is 9.59 Å². The largest absolute Gasteiger partial charge is 0.482 e. The van der Waals surface area contributed by atoms with E-state index in [2.05, 4.69) is 0 Å². The molecule has 120 valence electrons. The number of carbonyl (C=O) groups excluding carboxylic acids is 1. The van der Waals surface area contributed by atoms with Crippen molar-refractivity contribution in [1.29, 1.82) is 0 Å². The number of aromatic nitrogens is 1. The van der Waals surface area contributed by atoms with Crippen LogP contribution in [0.1, 0.15) is 11.1 Å². The van der Waals surface area contributed by atoms with E-state index < -0.39 is 0 Å². The highest BCUT2D eigenvalue weighted by atomic mass is 35.5. The molecule has 0 atom stereocenters. The Bertz CT molecular complexity index is 801. The number of hydrogen-bond acceptors (Lipinski definition) is 3. The summed E-state index contributed by atoms with van der Waals surface area (Å²) in [6, 6.07) is 8.72. The highest BCUT2D eigenvalue weighted by molar-refractivity contribution is 6.32. The van der Waals surface area contributed by atoms with Gasteiger partial charge < -0.3 is 14.2 Å².